The molecule has 2 aliphatic rings. The summed E-state index contributed by atoms with van der Waals surface area (Å²) >= 11 is 0. The lowest BCUT2D eigenvalue weighted by molar-refractivity contribution is -0.121. The molecular formula is C15H23N3O2. The number of rotatable bonds is 5. The Morgan fingerprint density at radius 3 is 3.00 bits per heavy atom. The quantitative estimate of drug-likeness (QED) is 0.892. The Hall–Kier alpha value is -1.36. The summed E-state index contributed by atoms with van der Waals surface area (Å²) < 4.78 is 7.66. The van der Waals surface area contributed by atoms with Crippen LogP contribution in [0.4, 0.5) is 0 Å². The Labute approximate surface area is 119 Å². The van der Waals surface area contributed by atoms with Crippen molar-refractivity contribution in [1.82, 2.24) is 15.1 Å². The van der Waals surface area contributed by atoms with Crippen LogP contribution in [0, 0.1) is 0 Å². The van der Waals surface area contributed by atoms with Gasteiger partial charge in [-0.2, -0.15) is 5.10 Å². The van der Waals surface area contributed by atoms with Crippen molar-refractivity contribution in [1.29, 1.82) is 0 Å². The van der Waals surface area contributed by atoms with E-state index in [1.807, 2.05) is 0 Å². The molecule has 0 atom stereocenters. The van der Waals surface area contributed by atoms with E-state index in [1.165, 1.54) is 11.3 Å². The van der Waals surface area contributed by atoms with Crippen LogP contribution in [0.2, 0.25) is 0 Å². The minimum atomic E-state index is 0.150. The number of carbonyl (C=O) groups excluding carboxylic acids is 1. The van der Waals surface area contributed by atoms with E-state index >= 15 is 0 Å². The Balaban J connectivity index is 1.70. The molecular weight excluding hydrogens is 254 g/mol. The zero-order valence-electron chi connectivity index (χ0n) is 12.3. The SMILES string of the molecule is CC(C)n1nc(CCC(=O)NC2CC2)c2c1CCOC2. The van der Waals surface area contributed by atoms with Crippen molar-refractivity contribution in [2.45, 2.75) is 64.6 Å². The highest BCUT2D eigenvalue weighted by atomic mass is 16.5. The van der Waals surface area contributed by atoms with Gasteiger partial charge >= 0.3 is 0 Å². The van der Waals surface area contributed by atoms with E-state index in [9.17, 15) is 4.79 Å². The highest BCUT2D eigenvalue weighted by molar-refractivity contribution is 5.76. The molecule has 0 unspecified atom stereocenters. The molecule has 0 bridgehead atoms. The van der Waals surface area contributed by atoms with E-state index in [-0.39, 0.29) is 5.91 Å². The molecule has 1 amide bonds. The molecule has 110 valence electrons. The number of amides is 1. The minimum absolute atomic E-state index is 0.150. The molecule has 1 fully saturated rings. The second-order valence-corrected chi connectivity index (χ2v) is 6.05. The molecule has 1 N–H and O–H groups in total. The van der Waals surface area contributed by atoms with Crippen LogP contribution in [-0.4, -0.2) is 28.3 Å². The summed E-state index contributed by atoms with van der Waals surface area (Å²) in [7, 11) is 0. The van der Waals surface area contributed by atoms with Gasteiger partial charge in [-0.25, -0.2) is 0 Å². The van der Waals surface area contributed by atoms with Crippen molar-refractivity contribution in [3.8, 4) is 0 Å². The molecule has 1 aromatic heterocycles. The Kier molecular flexibility index (Phi) is 3.78. The summed E-state index contributed by atoms with van der Waals surface area (Å²) in [6, 6.07) is 0.795. The first kappa shape index (κ1) is 13.6. The zero-order chi connectivity index (χ0) is 14.1. The number of aromatic nitrogens is 2. The molecule has 1 aromatic rings. The lowest BCUT2D eigenvalue weighted by Crippen LogP contribution is -2.25. The maximum absolute atomic E-state index is 11.8. The van der Waals surface area contributed by atoms with Crippen LogP contribution < -0.4 is 5.32 Å². The largest absolute Gasteiger partial charge is 0.376 e. The smallest absolute Gasteiger partial charge is 0.220 e. The Morgan fingerprint density at radius 1 is 1.50 bits per heavy atom. The maximum Gasteiger partial charge on any atom is 0.220 e. The molecule has 3 rings (SSSR count). The number of nitrogens with one attached hydrogen (secondary N) is 1. The van der Waals surface area contributed by atoms with E-state index in [4.69, 9.17) is 9.84 Å². The predicted octanol–water partition coefficient (Wildman–Crippen LogP) is 1.75. The number of carbonyl (C=O) groups is 1. The number of hydrogen-bond acceptors (Lipinski definition) is 3. The number of aryl methyl sites for hydroxylation is 1. The summed E-state index contributed by atoms with van der Waals surface area (Å²) in [6.45, 7) is 5.70. The zero-order valence-corrected chi connectivity index (χ0v) is 12.3. The van der Waals surface area contributed by atoms with Crippen LogP contribution in [0.15, 0.2) is 0 Å². The van der Waals surface area contributed by atoms with Gasteiger partial charge in [0, 0.05) is 42.6 Å². The van der Waals surface area contributed by atoms with Gasteiger partial charge in [0.1, 0.15) is 0 Å². The minimum Gasteiger partial charge on any atom is -0.376 e. The topological polar surface area (TPSA) is 56.2 Å². The van der Waals surface area contributed by atoms with Crippen LogP contribution in [0.25, 0.3) is 0 Å². The third kappa shape index (κ3) is 2.87. The van der Waals surface area contributed by atoms with E-state index in [2.05, 4.69) is 23.8 Å². The first-order valence-corrected chi connectivity index (χ1v) is 7.61. The van der Waals surface area contributed by atoms with E-state index in [0.29, 0.717) is 31.5 Å². The van der Waals surface area contributed by atoms with Crippen molar-refractivity contribution in [2.24, 2.45) is 0 Å². The van der Waals surface area contributed by atoms with E-state index < -0.39 is 0 Å². The van der Waals surface area contributed by atoms with Crippen molar-refractivity contribution in [3.05, 3.63) is 17.0 Å². The molecule has 2 heterocycles. The molecule has 0 spiro atoms. The first-order chi connectivity index (χ1) is 9.65. The van der Waals surface area contributed by atoms with Gasteiger partial charge in [0.2, 0.25) is 5.91 Å². The molecule has 5 heteroatoms. The maximum atomic E-state index is 11.8. The first-order valence-electron chi connectivity index (χ1n) is 7.61. The summed E-state index contributed by atoms with van der Waals surface area (Å²) in [4.78, 5) is 11.8. The monoisotopic (exact) mass is 277 g/mol. The van der Waals surface area contributed by atoms with E-state index in [1.54, 1.807) is 0 Å². The second-order valence-electron chi connectivity index (χ2n) is 6.05. The lowest BCUT2D eigenvalue weighted by atomic mass is 10.1. The number of hydrogen-bond donors (Lipinski definition) is 1. The Morgan fingerprint density at radius 2 is 2.30 bits per heavy atom. The molecule has 5 nitrogen and oxygen atoms in total. The molecule has 0 saturated heterocycles. The molecule has 0 radical (unpaired) electrons. The number of fused-ring (bicyclic) bond motifs is 1. The van der Waals surface area contributed by atoms with Crippen molar-refractivity contribution >= 4 is 5.91 Å². The van der Waals surface area contributed by atoms with Crippen LogP contribution in [-0.2, 0) is 29.0 Å². The van der Waals surface area contributed by atoms with Gasteiger partial charge in [-0.1, -0.05) is 0 Å². The molecule has 1 aliphatic carbocycles. The van der Waals surface area contributed by atoms with Crippen LogP contribution >= 0.6 is 0 Å². The van der Waals surface area contributed by atoms with Crippen molar-refractivity contribution in [2.75, 3.05) is 6.61 Å². The van der Waals surface area contributed by atoms with Crippen LogP contribution in [0.3, 0.4) is 0 Å². The highest BCUT2D eigenvalue weighted by Gasteiger charge is 2.25. The van der Waals surface area contributed by atoms with Gasteiger partial charge in [0.15, 0.2) is 0 Å². The second kappa shape index (κ2) is 5.56. The van der Waals surface area contributed by atoms with Crippen molar-refractivity contribution < 1.29 is 9.53 Å². The average molecular weight is 277 g/mol. The van der Waals surface area contributed by atoms with Gasteiger partial charge < -0.3 is 10.1 Å². The van der Waals surface area contributed by atoms with Gasteiger partial charge in [-0.3, -0.25) is 9.48 Å². The fourth-order valence-electron chi connectivity index (χ4n) is 2.72. The molecule has 0 aromatic carbocycles. The fraction of sp³-hybridized carbons (Fsp3) is 0.733. The normalized spacial score (nSPS) is 18.1. The predicted molar refractivity (Wildman–Crippen MR) is 75.5 cm³/mol. The Bertz CT molecular complexity index is 503. The molecule has 1 saturated carbocycles. The molecule has 20 heavy (non-hydrogen) atoms. The van der Waals surface area contributed by atoms with Crippen LogP contribution in [0.5, 0.6) is 0 Å². The summed E-state index contributed by atoms with van der Waals surface area (Å²) in [6.07, 6.45) is 4.44. The standard InChI is InChI=1S/C15H23N3O2/c1-10(2)18-14-7-8-20-9-12(14)13(17-18)5-6-15(19)16-11-3-4-11/h10-11H,3-9H2,1-2H3,(H,16,19). The summed E-state index contributed by atoms with van der Waals surface area (Å²) in [5, 5.41) is 7.74. The van der Waals surface area contributed by atoms with E-state index in [0.717, 1.165) is 31.6 Å². The average Bonchev–Trinajstić information content (AvgIpc) is 3.15. The van der Waals surface area contributed by atoms with Gasteiger partial charge in [0.25, 0.3) is 0 Å². The fourth-order valence-corrected chi connectivity index (χ4v) is 2.72. The summed E-state index contributed by atoms with van der Waals surface area (Å²) in [5.41, 5.74) is 3.55. The highest BCUT2D eigenvalue weighted by Crippen LogP contribution is 2.25. The number of ether oxygens (including phenoxy) is 1. The van der Waals surface area contributed by atoms with Crippen LogP contribution in [0.1, 0.15) is 56.1 Å². The van der Waals surface area contributed by atoms with Gasteiger partial charge in [0.05, 0.1) is 18.9 Å². The van der Waals surface area contributed by atoms with Crippen molar-refractivity contribution in [3.63, 3.8) is 0 Å². The summed E-state index contributed by atoms with van der Waals surface area (Å²) in [5.74, 6) is 0.150. The molecule has 1 aliphatic heterocycles. The third-order valence-corrected chi connectivity index (χ3v) is 3.95. The number of nitrogens with zero attached hydrogens (tertiary/aromatic N) is 2. The third-order valence-electron chi connectivity index (χ3n) is 3.95. The van der Waals surface area contributed by atoms with Gasteiger partial charge in [-0.15, -0.1) is 0 Å². The van der Waals surface area contributed by atoms with Gasteiger partial charge in [-0.05, 0) is 26.7 Å². The lowest BCUT2D eigenvalue weighted by Gasteiger charge is -2.16.